The van der Waals surface area contributed by atoms with Crippen molar-refractivity contribution < 1.29 is 22.7 Å². The van der Waals surface area contributed by atoms with Gasteiger partial charge in [0, 0.05) is 13.1 Å². The highest BCUT2D eigenvalue weighted by Gasteiger charge is 2.14. The number of hydrogen-bond donors (Lipinski definition) is 2. The predicted molar refractivity (Wildman–Crippen MR) is 116 cm³/mol. The van der Waals surface area contributed by atoms with E-state index in [1.54, 1.807) is 19.1 Å². The Morgan fingerprint density at radius 3 is 2.20 bits per heavy atom. The van der Waals surface area contributed by atoms with Crippen molar-refractivity contribution in [1.29, 1.82) is 0 Å². The molecule has 0 aliphatic carbocycles. The van der Waals surface area contributed by atoms with Crippen molar-refractivity contribution in [1.82, 2.24) is 10.0 Å². The molecule has 0 bridgehead atoms. The molecule has 0 saturated carbocycles. The first-order valence-electron chi connectivity index (χ1n) is 9.84. The topological polar surface area (TPSA) is 93.7 Å². The number of carbonyl (C=O) groups is 1. The number of rotatable bonds is 9. The molecule has 0 atom stereocenters. The highest BCUT2D eigenvalue weighted by Crippen LogP contribution is 2.24. The van der Waals surface area contributed by atoms with Gasteiger partial charge in [-0.2, -0.15) is 0 Å². The SMILES string of the molecule is CCOC(=O)NCc1ccc(S(=O)(=O)NCCOc2ccc(C(C)(C)C)cc2)cc1. The number of carbonyl (C=O) groups excluding carboxylic acids is 1. The van der Waals surface area contributed by atoms with Crippen molar-refractivity contribution >= 4 is 16.1 Å². The van der Waals surface area contributed by atoms with Crippen LogP contribution in [0.25, 0.3) is 0 Å². The summed E-state index contributed by atoms with van der Waals surface area (Å²) in [7, 11) is -3.64. The second-order valence-electron chi connectivity index (χ2n) is 7.74. The van der Waals surface area contributed by atoms with Gasteiger partial charge in [-0.3, -0.25) is 0 Å². The van der Waals surface area contributed by atoms with Gasteiger partial charge in [-0.1, -0.05) is 45.0 Å². The van der Waals surface area contributed by atoms with Gasteiger partial charge in [0.25, 0.3) is 0 Å². The first-order chi connectivity index (χ1) is 14.1. The normalized spacial score (nSPS) is 11.7. The molecule has 2 aromatic carbocycles. The lowest BCUT2D eigenvalue weighted by molar-refractivity contribution is 0.151. The third-order valence-electron chi connectivity index (χ3n) is 4.33. The molecule has 1 amide bonds. The number of benzene rings is 2. The molecule has 30 heavy (non-hydrogen) atoms. The Balaban J connectivity index is 1.81. The van der Waals surface area contributed by atoms with E-state index in [0.717, 1.165) is 5.56 Å². The second-order valence-corrected chi connectivity index (χ2v) is 9.51. The Labute approximate surface area is 178 Å². The van der Waals surface area contributed by atoms with E-state index >= 15 is 0 Å². The van der Waals surface area contributed by atoms with Crippen LogP contribution in [-0.2, 0) is 26.7 Å². The van der Waals surface area contributed by atoms with Crippen molar-refractivity contribution in [2.24, 2.45) is 0 Å². The number of amides is 1. The summed E-state index contributed by atoms with van der Waals surface area (Å²) in [6.07, 6.45) is -0.510. The summed E-state index contributed by atoms with van der Waals surface area (Å²) in [4.78, 5) is 11.5. The maximum atomic E-state index is 12.4. The smallest absolute Gasteiger partial charge is 0.407 e. The van der Waals surface area contributed by atoms with Crippen LogP contribution in [0.2, 0.25) is 0 Å². The van der Waals surface area contributed by atoms with E-state index in [4.69, 9.17) is 9.47 Å². The molecule has 0 aliphatic rings. The van der Waals surface area contributed by atoms with Crippen molar-refractivity contribution in [3.63, 3.8) is 0 Å². The van der Waals surface area contributed by atoms with Gasteiger partial charge in [-0.05, 0) is 47.7 Å². The van der Waals surface area contributed by atoms with Crippen LogP contribution in [-0.4, -0.2) is 34.3 Å². The maximum Gasteiger partial charge on any atom is 0.407 e. The zero-order valence-corrected chi connectivity index (χ0v) is 18.7. The minimum Gasteiger partial charge on any atom is -0.492 e. The number of alkyl carbamates (subject to hydrolysis) is 1. The minimum atomic E-state index is -3.64. The van der Waals surface area contributed by atoms with Crippen LogP contribution < -0.4 is 14.8 Å². The highest BCUT2D eigenvalue weighted by atomic mass is 32.2. The van der Waals surface area contributed by atoms with Crippen molar-refractivity contribution in [3.8, 4) is 5.75 Å². The molecule has 2 aromatic rings. The van der Waals surface area contributed by atoms with Crippen LogP contribution >= 0.6 is 0 Å². The first-order valence-corrected chi connectivity index (χ1v) is 11.3. The van der Waals surface area contributed by atoms with Gasteiger partial charge in [0.05, 0.1) is 11.5 Å². The molecule has 164 valence electrons. The average molecular weight is 435 g/mol. The molecule has 0 fully saturated rings. The van der Waals surface area contributed by atoms with Gasteiger partial charge < -0.3 is 14.8 Å². The summed E-state index contributed by atoms with van der Waals surface area (Å²) in [5.41, 5.74) is 2.04. The quantitative estimate of drug-likeness (QED) is 0.588. The van der Waals surface area contributed by atoms with E-state index in [9.17, 15) is 13.2 Å². The Morgan fingerprint density at radius 1 is 1.00 bits per heavy atom. The van der Waals surface area contributed by atoms with Crippen LogP contribution in [0.3, 0.4) is 0 Å². The summed E-state index contributed by atoms with van der Waals surface area (Å²) in [5.74, 6) is 0.695. The van der Waals surface area contributed by atoms with Crippen LogP contribution in [0.5, 0.6) is 5.75 Å². The molecule has 2 N–H and O–H groups in total. The third-order valence-corrected chi connectivity index (χ3v) is 5.81. The van der Waals surface area contributed by atoms with Crippen LogP contribution in [0.15, 0.2) is 53.4 Å². The lowest BCUT2D eigenvalue weighted by Crippen LogP contribution is -2.28. The molecule has 0 aromatic heterocycles. The molecule has 0 radical (unpaired) electrons. The standard InChI is InChI=1S/C22H30N2O5S/c1-5-28-21(25)23-16-17-6-12-20(13-7-17)30(26,27)24-14-15-29-19-10-8-18(9-11-19)22(2,3)4/h6-13,24H,5,14-16H2,1-4H3,(H,23,25). The Kier molecular flexibility index (Phi) is 8.25. The fourth-order valence-electron chi connectivity index (χ4n) is 2.62. The molecule has 0 aliphatic heterocycles. The van der Waals surface area contributed by atoms with Crippen LogP contribution in [0.4, 0.5) is 4.79 Å². The van der Waals surface area contributed by atoms with Gasteiger partial charge in [0.2, 0.25) is 10.0 Å². The number of hydrogen-bond acceptors (Lipinski definition) is 5. The van der Waals surface area contributed by atoms with Gasteiger partial charge in [-0.15, -0.1) is 0 Å². The van der Waals surface area contributed by atoms with E-state index in [0.29, 0.717) is 12.4 Å². The third kappa shape index (κ3) is 7.35. The zero-order valence-electron chi connectivity index (χ0n) is 17.9. The molecule has 7 nitrogen and oxygen atoms in total. The first kappa shape index (κ1) is 23.7. The molecular formula is C22H30N2O5S. The minimum absolute atomic E-state index is 0.0680. The van der Waals surface area contributed by atoms with E-state index in [-0.39, 0.29) is 30.0 Å². The molecule has 0 spiro atoms. The maximum absolute atomic E-state index is 12.4. The van der Waals surface area contributed by atoms with Crippen molar-refractivity contribution in [3.05, 3.63) is 59.7 Å². The fourth-order valence-corrected chi connectivity index (χ4v) is 3.64. The van der Waals surface area contributed by atoms with Crippen molar-refractivity contribution in [2.45, 2.75) is 44.6 Å². The monoisotopic (exact) mass is 434 g/mol. The summed E-state index contributed by atoms with van der Waals surface area (Å²) in [5, 5.41) is 2.58. The Morgan fingerprint density at radius 2 is 1.63 bits per heavy atom. The Bertz CT molecular complexity index is 917. The molecular weight excluding hydrogens is 404 g/mol. The van der Waals surface area contributed by atoms with Gasteiger partial charge in [0.1, 0.15) is 12.4 Å². The van der Waals surface area contributed by atoms with E-state index in [2.05, 4.69) is 30.8 Å². The molecule has 2 rings (SSSR count). The summed E-state index contributed by atoms with van der Waals surface area (Å²) in [6.45, 7) is 9.06. The highest BCUT2D eigenvalue weighted by molar-refractivity contribution is 7.89. The van der Waals surface area contributed by atoms with E-state index < -0.39 is 16.1 Å². The van der Waals surface area contributed by atoms with Crippen molar-refractivity contribution in [2.75, 3.05) is 19.8 Å². The van der Waals surface area contributed by atoms with Crippen LogP contribution in [0.1, 0.15) is 38.8 Å². The number of nitrogens with one attached hydrogen (secondary N) is 2. The van der Waals surface area contributed by atoms with Gasteiger partial charge in [-0.25, -0.2) is 17.9 Å². The van der Waals surface area contributed by atoms with E-state index in [1.807, 2.05) is 24.3 Å². The van der Waals surface area contributed by atoms with Gasteiger partial charge in [0.15, 0.2) is 0 Å². The number of sulfonamides is 1. The molecule has 0 saturated heterocycles. The van der Waals surface area contributed by atoms with E-state index in [1.165, 1.54) is 17.7 Å². The summed E-state index contributed by atoms with van der Waals surface area (Å²) in [6, 6.07) is 14.1. The van der Waals surface area contributed by atoms with Crippen LogP contribution in [0, 0.1) is 0 Å². The predicted octanol–water partition coefficient (Wildman–Crippen LogP) is 3.59. The Hall–Kier alpha value is -2.58. The second kappa shape index (κ2) is 10.4. The number of ether oxygens (including phenoxy) is 2. The lowest BCUT2D eigenvalue weighted by atomic mass is 9.87. The zero-order chi connectivity index (χ0) is 22.2. The molecule has 0 heterocycles. The molecule has 8 heteroatoms. The van der Waals surface area contributed by atoms with Gasteiger partial charge >= 0.3 is 6.09 Å². The fraction of sp³-hybridized carbons (Fsp3) is 0.409. The average Bonchev–Trinajstić information content (AvgIpc) is 2.70. The summed E-state index contributed by atoms with van der Waals surface area (Å²) < 4.78 is 37.7. The lowest BCUT2D eigenvalue weighted by Gasteiger charge is -2.19. The largest absolute Gasteiger partial charge is 0.492 e. The summed E-state index contributed by atoms with van der Waals surface area (Å²) >= 11 is 0. The molecule has 0 unspecified atom stereocenters.